The predicted molar refractivity (Wildman–Crippen MR) is 74.5 cm³/mol. The Hall–Kier alpha value is -1.23. The molecule has 1 aliphatic heterocycles. The maximum atomic E-state index is 4.32. The summed E-state index contributed by atoms with van der Waals surface area (Å²) in [7, 11) is 0. The molecule has 0 fully saturated rings. The molecule has 0 spiro atoms. The number of hydrogen-bond donors (Lipinski definition) is 2. The minimum atomic E-state index is 0.431. The highest BCUT2D eigenvalue weighted by atomic mass is 32.1. The molecule has 1 aromatic carbocycles. The molecule has 0 saturated carbocycles. The molecule has 0 amide bonds. The van der Waals surface area contributed by atoms with Crippen LogP contribution in [-0.2, 0) is 13.1 Å². The van der Waals surface area contributed by atoms with E-state index in [0.29, 0.717) is 6.04 Å². The lowest BCUT2D eigenvalue weighted by Gasteiger charge is -2.18. The van der Waals surface area contributed by atoms with Crippen molar-refractivity contribution in [3.8, 4) is 0 Å². The number of thiazole rings is 1. The van der Waals surface area contributed by atoms with Gasteiger partial charge in [-0.3, -0.25) is 0 Å². The fourth-order valence-electron chi connectivity index (χ4n) is 2.42. The van der Waals surface area contributed by atoms with Crippen LogP contribution in [-0.4, -0.2) is 11.5 Å². The largest absolute Gasteiger partial charge is 0.313 e. The summed E-state index contributed by atoms with van der Waals surface area (Å²) in [6.07, 6.45) is 2.99. The van der Waals surface area contributed by atoms with E-state index in [1.54, 1.807) is 11.3 Å². The molecule has 4 heteroatoms. The zero-order valence-electron chi connectivity index (χ0n) is 10.2. The molecule has 3 rings (SSSR count). The number of fused-ring (bicyclic) bond motifs is 1. The van der Waals surface area contributed by atoms with Gasteiger partial charge in [-0.1, -0.05) is 24.3 Å². The molecule has 94 valence electrons. The monoisotopic (exact) mass is 259 g/mol. The summed E-state index contributed by atoms with van der Waals surface area (Å²) >= 11 is 1.71. The molecule has 0 radical (unpaired) electrons. The average molecular weight is 259 g/mol. The van der Waals surface area contributed by atoms with Gasteiger partial charge in [0.25, 0.3) is 0 Å². The van der Waals surface area contributed by atoms with Gasteiger partial charge in [0.2, 0.25) is 0 Å². The molecule has 3 nitrogen and oxygen atoms in total. The van der Waals surface area contributed by atoms with E-state index < -0.39 is 0 Å². The van der Waals surface area contributed by atoms with Crippen LogP contribution in [0.3, 0.4) is 0 Å². The number of hydrogen-bond acceptors (Lipinski definition) is 4. The summed E-state index contributed by atoms with van der Waals surface area (Å²) in [4.78, 5) is 4.32. The van der Waals surface area contributed by atoms with E-state index in [1.165, 1.54) is 11.1 Å². The minimum Gasteiger partial charge on any atom is -0.313 e. The molecule has 18 heavy (non-hydrogen) atoms. The summed E-state index contributed by atoms with van der Waals surface area (Å²) in [5.74, 6) is 0. The molecule has 1 atom stereocenters. The van der Waals surface area contributed by atoms with Crippen LogP contribution in [0.5, 0.6) is 0 Å². The Morgan fingerprint density at radius 2 is 2.33 bits per heavy atom. The summed E-state index contributed by atoms with van der Waals surface area (Å²) in [5.41, 5.74) is 2.84. The van der Waals surface area contributed by atoms with Crippen LogP contribution >= 0.6 is 11.3 Å². The van der Waals surface area contributed by atoms with Crippen LogP contribution in [0.1, 0.15) is 28.6 Å². The Morgan fingerprint density at radius 3 is 3.22 bits per heavy atom. The van der Waals surface area contributed by atoms with Gasteiger partial charge < -0.3 is 10.6 Å². The zero-order chi connectivity index (χ0) is 12.2. The summed E-state index contributed by atoms with van der Waals surface area (Å²) < 4.78 is 0. The van der Waals surface area contributed by atoms with Gasteiger partial charge in [0, 0.05) is 30.7 Å². The Kier molecular flexibility index (Phi) is 3.69. The second-order valence-electron chi connectivity index (χ2n) is 4.52. The van der Waals surface area contributed by atoms with Crippen molar-refractivity contribution in [3.63, 3.8) is 0 Å². The summed E-state index contributed by atoms with van der Waals surface area (Å²) in [6, 6.07) is 9.12. The highest BCUT2D eigenvalue weighted by molar-refractivity contribution is 7.09. The van der Waals surface area contributed by atoms with Gasteiger partial charge in [-0.05, 0) is 24.1 Å². The molecule has 1 aliphatic rings. The van der Waals surface area contributed by atoms with E-state index in [0.717, 1.165) is 31.1 Å². The Balaban J connectivity index is 1.75. The van der Waals surface area contributed by atoms with Gasteiger partial charge in [0.15, 0.2) is 0 Å². The number of nitrogens with zero attached hydrogens (tertiary/aromatic N) is 1. The smallest absolute Gasteiger partial charge is 0.106 e. The van der Waals surface area contributed by atoms with Gasteiger partial charge in [-0.15, -0.1) is 11.3 Å². The summed E-state index contributed by atoms with van der Waals surface area (Å²) in [6.45, 7) is 2.90. The second-order valence-corrected chi connectivity index (χ2v) is 5.50. The first kappa shape index (κ1) is 11.8. The molecule has 1 unspecified atom stereocenters. The fourth-order valence-corrected chi connectivity index (χ4v) is 2.99. The standard InChI is InChI=1S/C14H17N3S/c1-2-4-12-11(3-1)9-15-6-5-13(12)17-10-14-16-7-8-18-14/h1-4,7-8,13,15,17H,5-6,9-10H2. The van der Waals surface area contributed by atoms with Crippen LogP contribution in [0.2, 0.25) is 0 Å². The number of rotatable bonds is 3. The van der Waals surface area contributed by atoms with Gasteiger partial charge in [0.1, 0.15) is 5.01 Å². The van der Waals surface area contributed by atoms with Crippen molar-refractivity contribution < 1.29 is 0 Å². The third kappa shape index (κ3) is 2.61. The van der Waals surface area contributed by atoms with E-state index in [9.17, 15) is 0 Å². The van der Waals surface area contributed by atoms with E-state index in [1.807, 2.05) is 11.6 Å². The zero-order valence-corrected chi connectivity index (χ0v) is 11.0. The lowest BCUT2D eigenvalue weighted by atomic mass is 9.99. The quantitative estimate of drug-likeness (QED) is 0.889. The van der Waals surface area contributed by atoms with E-state index in [-0.39, 0.29) is 0 Å². The molecule has 0 aliphatic carbocycles. The molecule has 2 aromatic rings. The Morgan fingerprint density at radius 1 is 1.39 bits per heavy atom. The van der Waals surface area contributed by atoms with Gasteiger partial charge >= 0.3 is 0 Å². The van der Waals surface area contributed by atoms with Gasteiger partial charge in [0.05, 0.1) is 0 Å². The van der Waals surface area contributed by atoms with Gasteiger partial charge in [-0.2, -0.15) is 0 Å². The SMILES string of the molecule is c1ccc2c(c1)CNCCC2NCc1nccs1. The second kappa shape index (κ2) is 5.61. The molecule has 0 bridgehead atoms. The highest BCUT2D eigenvalue weighted by Crippen LogP contribution is 2.23. The first-order chi connectivity index (χ1) is 8.93. The normalized spacial score (nSPS) is 19.2. The van der Waals surface area contributed by atoms with Crippen LogP contribution in [0, 0.1) is 0 Å². The van der Waals surface area contributed by atoms with Crippen molar-refractivity contribution in [2.45, 2.75) is 25.6 Å². The third-order valence-corrected chi connectivity index (χ3v) is 4.12. The van der Waals surface area contributed by atoms with Crippen LogP contribution < -0.4 is 10.6 Å². The maximum absolute atomic E-state index is 4.32. The van der Waals surface area contributed by atoms with Crippen LogP contribution in [0.4, 0.5) is 0 Å². The van der Waals surface area contributed by atoms with E-state index in [2.05, 4.69) is 39.9 Å². The number of nitrogens with one attached hydrogen (secondary N) is 2. The average Bonchev–Trinajstić information content (AvgIpc) is 2.84. The lowest BCUT2D eigenvalue weighted by Crippen LogP contribution is -2.22. The topological polar surface area (TPSA) is 37.0 Å². The van der Waals surface area contributed by atoms with Crippen molar-refractivity contribution in [2.75, 3.05) is 6.54 Å². The predicted octanol–water partition coefficient (Wildman–Crippen LogP) is 2.47. The highest BCUT2D eigenvalue weighted by Gasteiger charge is 2.17. The Labute approximate surface area is 111 Å². The third-order valence-electron chi connectivity index (χ3n) is 3.34. The van der Waals surface area contributed by atoms with Crippen molar-refractivity contribution >= 4 is 11.3 Å². The minimum absolute atomic E-state index is 0.431. The first-order valence-electron chi connectivity index (χ1n) is 6.34. The number of aromatic nitrogens is 1. The Bertz CT molecular complexity index is 496. The summed E-state index contributed by atoms with van der Waals surface area (Å²) in [5, 5.41) is 10.3. The maximum Gasteiger partial charge on any atom is 0.106 e. The van der Waals surface area contributed by atoms with Crippen molar-refractivity contribution in [2.24, 2.45) is 0 Å². The molecular weight excluding hydrogens is 242 g/mol. The molecule has 0 saturated heterocycles. The van der Waals surface area contributed by atoms with Crippen molar-refractivity contribution in [1.29, 1.82) is 0 Å². The van der Waals surface area contributed by atoms with Crippen molar-refractivity contribution in [3.05, 3.63) is 52.0 Å². The number of benzene rings is 1. The lowest BCUT2D eigenvalue weighted by molar-refractivity contribution is 0.495. The van der Waals surface area contributed by atoms with E-state index >= 15 is 0 Å². The fraction of sp³-hybridized carbons (Fsp3) is 0.357. The first-order valence-corrected chi connectivity index (χ1v) is 7.22. The van der Waals surface area contributed by atoms with Crippen LogP contribution in [0.25, 0.3) is 0 Å². The molecule has 2 N–H and O–H groups in total. The van der Waals surface area contributed by atoms with Crippen molar-refractivity contribution in [1.82, 2.24) is 15.6 Å². The van der Waals surface area contributed by atoms with E-state index in [4.69, 9.17) is 0 Å². The molecule has 1 aromatic heterocycles. The van der Waals surface area contributed by atoms with Gasteiger partial charge in [-0.25, -0.2) is 4.98 Å². The molecule has 2 heterocycles. The molecular formula is C14H17N3S. The van der Waals surface area contributed by atoms with Crippen LogP contribution in [0.15, 0.2) is 35.8 Å².